The van der Waals surface area contributed by atoms with E-state index in [1.807, 2.05) is 0 Å². The van der Waals surface area contributed by atoms with Gasteiger partial charge in [-0.2, -0.15) is 15.3 Å². The number of anilines is 1. The molecule has 36 heavy (non-hydrogen) atoms. The molecular weight excluding hydrogens is 480 g/mol. The smallest absolute Gasteiger partial charge is 0.281 e. The van der Waals surface area contributed by atoms with Crippen molar-refractivity contribution >= 4 is 22.5 Å². The zero-order valence-electron chi connectivity index (χ0n) is 18.5. The third-order valence-corrected chi connectivity index (χ3v) is 5.36. The van der Waals surface area contributed by atoms with Crippen LogP contribution in [0.15, 0.2) is 61.2 Å². The van der Waals surface area contributed by atoms with E-state index in [1.165, 1.54) is 47.7 Å². The van der Waals surface area contributed by atoms with Gasteiger partial charge in [0.15, 0.2) is 5.82 Å². The van der Waals surface area contributed by atoms with Crippen LogP contribution in [-0.4, -0.2) is 40.6 Å². The number of carbonyl (C=O) groups excluding carboxylic acids is 1. The van der Waals surface area contributed by atoms with Crippen LogP contribution in [0.25, 0.3) is 22.4 Å². The van der Waals surface area contributed by atoms with Gasteiger partial charge in [0.1, 0.15) is 11.4 Å². The highest BCUT2D eigenvalue weighted by Crippen LogP contribution is 2.30. The zero-order chi connectivity index (χ0) is 25.4. The minimum absolute atomic E-state index is 0.170. The van der Waals surface area contributed by atoms with Crippen LogP contribution in [0.5, 0.6) is 0 Å². The Labute approximate surface area is 200 Å². The molecule has 0 fully saturated rings. The highest BCUT2D eigenvalue weighted by Gasteiger charge is 2.26. The third kappa shape index (κ3) is 4.15. The number of hydrogen-bond acceptors (Lipinski definition) is 6. The summed E-state index contributed by atoms with van der Waals surface area (Å²) in [7, 11) is 0. The predicted octanol–water partition coefficient (Wildman–Crippen LogP) is 4.83. The molecule has 0 saturated heterocycles. The van der Waals surface area contributed by atoms with Gasteiger partial charge >= 0.3 is 0 Å². The van der Waals surface area contributed by atoms with Gasteiger partial charge in [-0.1, -0.05) is 6.07 Å². The van der Waals surface area contributed by atoms with Crippen LogP contribution in [-0.2, 0) is 0 Å². The molecule has 0 atom stereocenters. The average Bonchev–Trinajstić information content (AvgIpc) is 3.54. The van der Waals surface area contributed by atoms with Gasteiger partial charge in [0, 0.05) is 5.39 Å². The van der Waals surface area contributed by atoms with Crippen molar-refractivity contribution in [1.82, 2.24) is 34.7 Å². The highest BCUT2D eigenvalue weighted by molar-refractivity contribution is 6.05. The van der Waals surface area contributed by atoms with Crippen molar-refractivity contribution in [3.63, 3.8) is 0 Å². The fraction of sp³-hybridized carbons (Fsp3) is 0.130. The van der Waals surface area contributed by atoms with Crippen LogP contribution >= 0.6 is 0 Å². The normalized spacial score (nSPS) is 11.5. The molecule has 1 N–H and O–H groups in total. The van der Waals surface area contributed by atoms with E-state index in [4.69, 9.17) is 0 Å². The molecule has 182 valence electrons. The minimum atomic E-state index is -3.06. The molecule has 0 aliphatic heterocycles. The van der Waals surface area contributed by atoms with E-state index in [1.54, 1.807) is 13.0 Å². The maximum Gasteiger partial charge on any atom is 0.281 e. The first kappa shape index (κ1) is 23.1. The number of pyridine rings is 2. The fourth-order valence-electron chi connectivity index (χ4n) is 3.76. The number of halogens is 4. The number of nitrogens with one attached hydrogen (secondary N) is 1. The summed E-state index contributed by atoms with van der Waals surface area (Å²) < 4.78 is 55.3. The second-order valence-corrected chi connectivity index (χ2v) is 7.67. The Hall–Kier alpha value is -4.68. The van der Waals surface area contributed by atoms with E-state index in [2.05, 4.69) is 30.6 Å². The van der Waals surface area contributed by atoms with E-state index in [-0.39, 0.29) is 22.5 Å². The van der Waals surface area contributed by atoms with Crippen molar-refractivity contribution in [2.24, 2.45) is 0 Å². The molecule has 5 aromatic rings. The van der Waals surface area contributed by atoms with Gasteiger partial charge in [0.05, 0.1) is 47.2 Å². The van der Waals surface area contributed by atoms with E-state index in [0.717, 1.165) is 16.9 Å². The van der Waals surface area contributed by atoms with Gasteiger partial charge < -0.3 is 5.32 Å². The monoisotopic (exact) mass is 496 g/mol. The first-order valence-electron chi connectivity index (χ1n) is 10.5. The number of aryl methyl sites for hydroxylation is 1. The lowest BCUT2D eigenvalue weighted by atomic mass is 10.1. The first-order valence-corrected chi connectivity index (χ1v) is 10.5. The Morgan fingerprint density at radius 3 is 2.44 bits per heavy atom. The third-order valence-electron chi connectivity index (χ3n) is 5.36. The summed E-state index contributed by atoms with van der Waals surface area (Å²) in [6.45, 7) is 1.73. The predicted molar refractivity (Wildman–Crippen MR) is 121 cm³/mol. The molecule has 1 aromatic carbocycles. The van der Waals surface area contributed by atoms with Crippen molar-refractivity contribution < 1.29 is 22.4 Å². The number of nitrogens with zero attached hydrogens (tertiary/aromatic N) is 7. The summed E-state index contributed by atoms with van der Waals surface area (Å²) in [4.78, 5) is 22.4. The average molecular weight is 496 g/mol. The van der Waals surface area contributed by atoms with E-state index >= 15 is 0 Å². The lowest BCUT2D eigenvalue weighted by Gasteiger charge is -2.12. The van der Waals surface area contributed by atoms with Gasteiger partial charge in [-0.25, -0.2) is 32.2 Å². The highest BCUT2D eigenvalue weighted by atomic mass is 19.3. The molecule has 0 unspecified atom stereocenters. The van der Waals surface area contributed by atoms with E-state index < -0.39 is 30.1 Å². The molecule has 0 aliphatic carbocycles. The largest absolute Gasteiger partial charge is 0.320 e. The van der Waals surface area contributed by atoms with Crippen molar-refractivity contribution in [2.75, 3.05) is 5.32 Å². The van der Waals surface area contributed by atoms with Gasteiger partial charge in [0.25, 0.3) is 18.8 Å². The number of fused-ring (bicyclic) bond motifs is 1. The first-order chi connectivity index (χ1) is 17.3. The lowest BCUT2D eigenvalue weighted by molar-refractivity contribution is 0.100. The minimum Gasteiger partial charge on any atom is -0.320 e. The number of alkyl halides is 4. The van der Waals surface area contributed by atoms with Crippen molar-refractivity contribution in [3.05, 3.63) is 83.7 Å². The van der Waals surface area contributed by atoms with Crippen LogP contribution in [0.3, 0.4) is 0 Å². The van der Waals surface area contributed by atoms with Crippen molar-refractivity contribution in [3.8, 4) is 11.5 Å². The summed E-state index contributed by atoms with van der Waals surface area (Å²) >= 11 is 0. The number of amides is 1. The van der Waals surface area contributed by atoms with Gasteiger partial charge in [-0.05, 0) is 42.8 Å². The maximum absolute atomic E-state index is 14.2. The summed E-state index contributed by atoms with van der Waals surface area (Å²) in [6.07, 6.45) is -0.484. The molecule has 0 aliphatic rings. The number of aromatic nitrogens is 7. The van der Waals surface area contributed by atoms with Gasteiger partial charge in [-0.15, -0.1) is 4.80 Å². The zero-order valence-corrected chi connectivity index (χ0v) is 18.5. The van der Waals surface area contributed by atoms with Crippen LogP contribution < -0.4 is 5.32 Å². The molecule has 1 amide bonds. The molecule has 0 bridgehead atoms. The second kappa shape index (κ2) is 9.17. The Kier molecular flexibility index (Phi) is 5.88. The molecule has 4 aromatic heterocycles. The quantitative estimate of drug-likeness (QED) is 0.338. The summed E-state index contributed by atoms with van der Waals surface area (Å²) in [5.74, 6) is -0.375. The van der Waals surface area contributed by atoms with Crippen LogP contribution in [0, 0.1) is 6.92 Å². The molecule has 5 rings (SSSR count). The Morgan fingerprint density at radius 2 is 1.75 bits per heavy atom. The summed E-state index contributed by atoms with van der Waals surface area (Å²) in [5.41, 5.74) is -0.179. The molecule has 0 radical (unpaired) electrons. The SMILES string of the molecule is Cc1cc(NC(=O)c2cnn(-c3cccc4nc(C(F)F)ccc34)c2C(F)F)cnc1-n1nccn1. The lowest BCUT2D eigenvalue weighted by Crippen LogP contribution is -2.16. The Bertz CT molecular complexity index is 1570. The molecule has 0 saturated carbocycles. The summed E-state index contributed by atoms with van der Waals surface area (Å²) in [6, 6.07) is 8.55. The summed E-state index contributed by atoms with van der Waals surface area (Å²) in [5, 5.41) is 14.9. The van der Waals surface area contributed by atoms with Crippen LogP contribution in [0.4, 0.5) is 23.2 Å². The van der Waals surface area contributed by atoms with Crippen molar-refractivity contribution in [2.45, 2.75) is 19.8 Å². The van der Waals surface area contributed by atoms with Crippen molar-refractivity contribution in [1.29, 1.82) is 0 Å². The van der Waals surface area contributed by atoms with Gasteiger partial charge in [-0.3, -0.25) is 4.79 Å². The maximum atomic E-state index is 14.2. The molecule has 9 nitrogen and oxygen atoms in total. The van der Waals surface area contributed by atoms with E-state index in [9.17, 15) is 22.4 Å². The molecule has 0 spiro atoms. The van der Waals surface area contributed by atoms with Gasteiger partial charge in [0.2, 0.25) is 0 Å². The number of hydrogen-bond donors (Lipinski definition) is 1. The number of carbonyl (C=O) groups is 1. The molecular formula is C23H16F4N8O. The Morgan fingerprint density at radius 1 is 0.972 bits per heavy atom. The topological polar surface area (TPSA) is 103 Å². The second-order valence-electron chi connectivity index (χ2n) is 7.67. The van der Waals surface area contributed by atoms with E-state index in [0.29, 0.717) is 16.8 Å². The fourth-order valence-corrected chi connectivity index (χ4v) is 3.76. The Balaban J connectivity index is 1.50. The van der Waals surface area contributed by atoms with Crippen LogP contribution in [0.1, 0.15) is 40.2 Å². The molecule has 13 heteroatoms. The van der Waals surface area contributed by atoms with Crippen LogP contribution in [0.2, 0.25) is 0 Å². The number of rotatable bonds is 6. The number of benzene rings is 1. The molecule has 4 heterocycles. The standard InChI is InChI=1S/C23H16F4N8O/c1-12-9-13(10-28-22(12)35-29-7-8-30-35)32-23(36)15-11-31-34(19(15)21(26)27)18-4-2-3-16-14(18)5-6-17(33-16)20(24)25/h2-11,20-21H,1H3,(H,32,36).